The van der Waals surface area contributed by atoms with Crippen molar-refractivity contribution in [1.82, 2.24) is 4.98 Å². The molecule has 0 fully saturated rings. The average Bonchev–Trinajstić information content (AvgIpc) is 2.60. The molecule has 0 saturated carbocycles. The Bertz CT molecular complexity index is 531. The van der Waals surface area contributed by atoms with E-state index in [1.807, 2.05) is 13.8 Å². The van der Waals surface area contributed by atoms with Gasteiger partial charge in [-0.05, 0) is 26.0 Å². The molecule has 17 heavy (non-hydrogen) atoms. The summed E-state index contributed by atoms with van der Waals surface area (Å²) in [7, 11) is 0. The molecular formula is C12H12ClFN2S. The summed E-state index contributed by atoms with van der Waals surface area (Å²) in [4.78, 5) is 5.30. The van der Waals surface area contributed by atoms with E-state index >= 15 is 0 Å². The minimum absolute atomic E-state index is 0.105. The molecule has 0 radical (unpaired) electrons. The number of benzene rings is 1. The van der Waals surface area contributed by atoms with Crippen molar-refractivity contribution in [2.24, 2.45) is 5.73 Å². The molecule has 0 saturated heterocycles. The van der Waals surface area contributed by atoms with Gasteiger partial charge in [-0.15, -0.1) is 11.3 Å². The molecule has 90 valence electrons. The number of halogens is 2. The zero-order valence-electron chi connectivity index (χ0n) is 9.50. The molecule has 2 N–H and O–H groups in total. The average molecular weight is 271 g/mol. The highest BCUT2D eigenvalue weighted by Gasteiger charge is 2.17. The summed E-state index contributed by atoms with van der Waals surface area (Å²) >= 11 is 7.39. The van der Waals surface area contributed by atoms with Crippen LogP contribution in [0.15, 0.2) is 18.2 Å². The Morgan fingerprint density at radius 3 is 2.71 bits per heavy atom. The largest absolute Gasteiger partial charge is 0.323 e. The van der Waals surface area contributed by atoms with Crippen LogP contribution in [0.4, 0.5) is 4.39 Å². The predicted molar refractivity (Wildman–Crippen MR) is 69.9 cm³/mol. The van der Waals surface area contributed by atoms with E-state index in [4.69, 9.17) is 17.3 Å². The minimum Gasteiger partial charge on any atom is -0.323 e. The Balaban J connectivity index is 2.58. The molecule has 5 heteroatoms. The monoisotopic (exact) mass is 270 g/mol. The summed E-state index contributed by atoms with van der Waals surface area (Å²) in [5.41, 5.74) is 7.01. The maximum Gasteiger partial charge on any atom is 0.134 e. The Morgan fingerprint density at radius 2 is 2.18 bits per heavy atom. The SMILES string of the molecule is Cc1nc(-c2c(F)cccc2Cl)sc1C(C)N. The Kier molecular flexibility index (Phi) is 3.47. The van der Waals surface area contributed by atoms with E-state index in [0.29, 0.717) is 15.6 Å². The fraction of sp³-hybridized carbons (Fsp3) is 0.250. The number of nitrogens with zero attached hydrogens (tertiary/aromatic N) is 1. The van der Waals surface area contributed by atoms with Gasteiger partial charge in [0.2, 0.25) is 0 Å². The van der Waals surface area contributed by atoms with Crippen molar-refractivity contribution >= 4 is 22.9 Å². The van der Waals surface area contributed by atoms with Crippen molar-refractivity contribution in [3.63, 3.8) is 0 Å². The van der Waals surface area contributed by atoms with Crippen LogP contribution in [0.2, 0.25) is 5.02 Å². The molecule has 1 unspecified atom stereocenters. The number of thiazole rings is 1. The summed E-state index contributed by atoms with van der Waals surface area (Å²) in [6.45, 7) is 3.75. The zero-order chi connectivity index (χ0) is 12.6. The van der Waals surface area contributed by atoms with Crippen LogP contribution in [0.1, 0.15) is 23.5 Å². The third kappa shape index (κ3) is 2.34. The smallest absolute Gasteiger partial charge is 0.134 e. The second kappa shape index (κ2) is 4.72. The fourth-order valence-corrected chi connectivity index (χ4v) is 3.03. The maximum absolute atomic E-state index is 13.7. The van der Waals surface area contributed by atoms with E-state index in [0.717, 1.165) is 10.6 Å². The molecule has 1 atom stereocenters. The first-order valence-corrected chi connectivity index (χ1v) is 6.37. The molecule has 2 rings (SSSR count). The summed E-state index contributed by atoms with van der Waals surface area (Å²) in [6.07, 6.45) is 0. The van der Waals surface area contributed by atoms with Crippen molar-refractivity contribution in [1.29, 1.82) is 0 Å². The topological polar surface area (TPSA) is 38.9 Å². The van der Waals surface area contributed by atoms with E-state index in [9.17, 15) is 4.39 Å². The van der Waals surface area contributed by atoms with Gasteiger partial charge in [-0.3, -0.25) is 0 Å². The summed E-state index contributed by atoms with van der Waals surface area (Å²) in [5, 5.41) is 0.952. The number of aryl methyl sites for hydroxylation is 1. The highest BCUT2D eigenvalue weighted by Crippen LogP contribution is 2.36. The van der Waals surface area contributed by atoms with Crippen LogP contribution in [0.25, 0.3) is 10.6 Å². The molecule has 0 aliphatic carbocycles. The quantitative estimate of drug-likeness (QED) is 0.898. The van der Waals surface area contributed by atoms with E-state index in [1.165, 1.54) is 17.4 Å². The van der Waals surface area contributed by atoms with Crippen LogP contribution in [0.3, 0.4) is 0 Å². The van der Waals surface area contributed by atoms with Crippen molar-refractivity contribution in [3.8, 4) is 10.6 Å². The van der Waals surface area contributed by atoms with Gasteiger partial charge in [0.25, 0.3) is 0 Å². The van der Waals surface area contributed by atoms with Gasteiger partial charge in [0.15, 0.2) is 0 Å². The summed E-state index contributed by atoms with van der Waals surface area (Å²) < 4.78 is 13.7. The van der Waals surface area contributed by atoms with Gasteiger partial charge in [-0.2, -0.15) is 0 Å². The van der Waals surface area contributed by atoms with Gasteiger partial charge in [0.05, 0.1) is 16.3 Å². The first-order valence-electron chi connectivity index (χ1n) is 5.18. The molecule has 1 heterocycles. The number of hydrogen-bond acceptors (Lipinski definition) is 3. The first kappa shape index (κ1) is 12.5. The number of nitrogens with two attached hydrogens (primary N) is 1. The van der Waals surface area contributed by atoms with E-state index in [2.05, 4.69) is 4.98 Å². The van der Waals surface area contributed by atoms with Gasteiger partial charge < -0.3 is 5.73 Å². The molecule has 0 aliphatic heterocycles. The normalized spacial score (nSPS) is 12.8. The van der Waals surface area contributed by atoms with Gasteiger partial charge in [-0.1, -0.05) is 17.7 Å². The summed E-state index contributed by atoms with van der Waals surface area (Å²) in [6, 6.07) is 4.51. The lowest BCUT2D eigenvalue weighted by Gasteiger charge is -2.01. The zero-order valence-corrected chi connectivity index (χ0v) is 11.1. The first-order chi connectivity index (χ1) is 8.00. The number of hydrogen-bond donors (Lipinski definition) is 1. The van der Waals surface area contributed by atoms with Crippen LogP contribution in [-0.2, 0) is 0 Å². The standard InChI is InChI=1S/C12H12ClFN2S/c1-6(15)11-7(2)16-12(17-11)10-8(13)4-3-5-9(10)14/h3-6H,15H2,1-2H3. The second-order valence-electron chi connectivity index (χ2n) is 3.85. The molecule has 1 aromatic heterocycles. The highest BCUT2D eigenvalue weighted by atomic mass is 35.5. The Morgan fingerprint density at radius 1 is 1.47 bits per heavy atom. The maximum atomic E-state index is 13.7. The Labute approximate surface area is 108 Å². The van der Waals surface area contributed by atoms with Crippen LogP contribution in [0, 0.1) is 12.7 Å². The number of aromatic nitrogens is 1. The van der Waals surface area contributed by atoms with E-state index in [-0.39, 0.29) is 11.9 Å². The highest BCUT2D eigenvalue weighted by molar-refractivity contribution is 7.15. The summed E-state index contributed by atoms with van der Waals surface area (Å²) in [5.74, 6) is -0.359. The van der Waals surface area contributed by atoms with Crippen molar-refractivity contribution in [3.05, 3.63) is 39.6 Å². The number of rotatable bonds is 2. The molecule has 0 amide bonds. The van der Waals surface area contributed by atoms with Gasteiger partial charge >= 0.3 is 0 Å². The predicted octanol–water partition coefficient (Wildman–Crippen LogP) is 3.93. The molecule has 2 aromatic rings. The van der Waals surface area contributed by atoms with Crippen LogP contribution in [-0.4, -0.2) is 4.98 Å². The second-order valence-corrected chi connectivity index (χ2v) is 5.29. The van der Waals surface area contributed by atoms with Crippen LogP contribution >= 0.6 is 22.9 Å². The van der Waals surface area contributed by atoms with Gasteiger partial charge in [0.1, 0.15) is 10.8 Å². The van der Waals surface area contributed by atoms with Crippen LogP contribution < -0.4 is 5.73 Å². The lowest BCUT2D eigenvalue weighted by Crippen LogP contribution is -2.03. The molecule has 0 bridgehead atoms. The van der Waals surface area contributed by atoms with E-state index in [1.54, 1.807) is 12.1 Å². The molecule has 0 aliphatic rings. The third-order valence-electron chi connectivity index (χ3n) is 2.42. The third-order valence-corrected chi connectivity index (χ3v) is 4.11. The molecule has 0 spiro atoms. The lowest BCUT2D eigenvalue weighted by atomic mass is 10.2. The lowest BCUT2D eigenvalue weighted by molar-refractivity contribution is 0.631. The van der Waals surface area contributed by atoms with Gasteiger partial charge in [0, 0.05) is 10.9 Å². The molecule has 1 aromatic carbocycles. The Hall–Kier alpha value is -0.970. The minimum atomic E-state index is -0.359. The molecule has 2 nitrogen and oxygen atoms in total. The van der Waals surface area contributed by atoms with Crippen molar-refractivity contribution < 1.29 is 4.39 Å². The van der Waals surface area contributed by atoms with Crippen molar-refractivity contribution in [2.45, 2.75) is 19.9 Å². The fourth-order valence-electron chi connectivity index (χ4n) is 1.64. The van der Waals surface area contributed by atoms with Crippen LogP contribution in [0.5, 0.6) is 0 Å². The van der Waals surface area contributed by atoms with Crippen molar-refractivity contribution in [2.75, 3.05) is 0 Å². The molecular weight excluding hydrogens is 259 g/mol. The van der Waals surface area contributed by atoms with E-state index < -0.39 is 0 Å². The van der Waals surface area contributed by atoms with Gasteiger partial charge in [-0.25, -0.2) is 9.37 Å².